The van der Waals surface area contributed by atoms with Crippen LogP contribution in [0.5, 0.6) is 6.01 Å². The van der Waals surface area contributed by atoms with Gasteiger partial charge in [-0.25, -0.2) is 9.78 Å². The van der Waals surface area contributed by atoms with Crippen LogP contribution in [0.1, 0.15) is 40.5 Å². The molecule has 0 spiro atoms. The SMILES string of the molecule is CCNc1ccnc(OCC2CCCN(C(=O)OC(C)(C)C)C2)n1. The highest BCUT2D eigenvalue weighted by atomic mass is 16.6. The first-order valence-corrected chi connectivity index (χ1v) is 8.55. The molecule has 2 heterocycles. The van der Waals surface area contributed by atoms with Crippen LogP contribution in [-0.4, -0.2) is 52.8 Å². The van der Waals surface area contributed by atoms with Gasteiger partial charge in [0.2, 0.25) is 0 Å². The maximum Gasteiger partial charge on any atom is 0.410 e. The number of likely N-dealkylation sites (tertiary alicyclic amines) is 1. The number of piperidine rings is 1. The molecule has 1 aromatic heterocycles. The zero-order valence-corrected chi connectivity index (χ0v) is 15.0. The standard InChI is InChI=1S/C17H28N4O3/c1-5-18-14-8-9-19-15(20-14)23-12-13-7-6-10-21(11-13)16(22)24-17(2,3)4/h8-9,13H,5-7,10-12H2,1-4H3,(H,18,19,20). The molecule has 1 aromatic rings. The number of nitrogens with zero attached hydrogens (tertiary/aromatic N) is 3. The smallest absolute Gasteiger partial charge is 0.410 e. The van der Waals surface area contributed by atoms with Gasteiger partial charge in [0.05, 0.1) is 6.61 Å². The molecule has 1 amide bonds. The molecular weight excluding hydrogens is 308 g/mol. The Bertz CT molecular complexity index is 545. The second kappa shape index (κ2) is 8.17. The molecule has 1 atom stereocenters. The van der Waals surface area contributed by atoms with E-state index < -0.39 is 5.60 Å². The second-order valence-corrected chi connectivity index (χ2v) is 7.00. The number of aromatic nitrogens is 2. The molecule has 1 N–H and O–H groups in total. The van der Waals surface area contributed by atoms with Crippen molar-refractivity contribution in [1.82, 2.24) is 14.9 Å². The first-order valence-electron chi connectivity index (χ1n) is 8.55. The molecule has 1 fully saturated rings. The van der Waals surface area contributed by atoms with Crippen molar-refractivity contribution >= 4 is 11.9 Å². The van der Waals surface area contributed by atoms with Crippen molar-refractivity contribution in [3.05, 3.63) is 12.3 Å². The minimum Gasteiger partial charge on any atom is -0.463 e. The van der Waals surface area contributed by atoms with E-state index in [4.69, 9.17) is 9.47 Å². The van der Waals surface area contributed by atoms with Crippen molar-refractivity contribution in [1.29, 1.82) is 0 Å². The zero-order valence-electron chi connectivity index (χ0n) is 15.0. The Kier molecular flexibility index (Phi) is 6.23. The highest BCUT2D eigenvalue weighted by molar-refractivity contribution is 5.68. The lowest BCUT2D eigenvalue weighted by Gasteiger charge is -2.33. The van der Waals surface area contributed by atoms with Crippen molar-refractivity contribution in [2.24, 2.45) is 5.92 Å². The van der Waals surface area contributed by atoms with Crippen LogP contribution in [0.4, 0.5) is 10.6 Å². The monoisotopic (exact) mass is 336 g/mol. The largest absolute Gasteiger partial charge is 0.463 e. The topological polar surface area (TPSA) is 76.6 Å². The quantitative estimate of drug-likeness (QED) is 0.891. The number of carbonyl (C=O) groups excluding carboxylic acids is 1. The molecule has 0 bridgehead atoms. The molecule has 7 nitrogen and oxygen atoms in total. The van der Waals surface area contributed by atoms with Gasteiger partial charge < -0.3 is 19.7 Å². The summed E-state index contributed by atoms with van der Waals surface area (Å²) in [4.78, 5) is 22.4. The van der Waals surface area contributed by atoms with Crippen molar-refractivity contribution in [3.8, 4) is 6.01 Å². The molecule has 134 valence electrons. The Labute approximate surface area is 143 Å². The summed E-state index contributed by atoms with van der Waals surface area (Å²) in [6, 6.07) is 2.17. The first kappa shape index (κ1) is 18.3. The fraction of sp³-hybridized carbons (Fsp3) is 0.706. The number of nitrogens with one attached hydrogen (secondary N) is 1. The number of ether oxygens (including phenoxy) is 2. The number of amides is 1. The van der Waals surface area contributed by atoms with E-state index in [9.17, 15) is 4.79 Å². The molecule has 0 radical (unpaired) electrons. The average Bonchev–Trinajstić information content (AvgIpc) is 2.52. The summed E-state index contributed by atoms with van der Waals surface area (Å²) in [5.74, 6) is 1.01. The van der Waals surface area contributed by atoms with Gasteiger partial charge >= 0.3 is 12.1 Å². The van der Waals surface area contributed by atoms with Crippen LogP contribution in [0.2, 0.25) is 0 Å². The molecule has 0 saturated carbocycles. The second-order valence-electron chi connectivity index (χ2n) is 7.00. The first-order chi connectivity index (χ1) is 11.4. The molecule has 24 heavy (non-hydrogen) atoms. The number of carbonyl (C=O) groups is 1. The van der Waals surface area contributed by atoms with Gasteiger partial charge in [-0.2, -0.15) is 4.98 Å². The van der Waals surface area contributed by atoms with Crippen molar-refractivity contribution < 1.29 is 14.3 Å². The average molecular weight is 336 g/mol. The van der Waals surface area contributed by atoms with Crippen LogP contribution in [0.15, 0.2) is 12.3 Å². The third kappa shape index (κ3) is 5.86. The van der Waals surface area contributed by atoms with Crippen LogP contribution in [0.25, 0.3) is 0 Å². The summed E-state index contributed by atoms with van der Waals surface area (Å²) < 4.78 is 11.2. The molecule has 1 aliphatic rings. The van der Waals surface area contributed by atoms with Gasteiger partial charge in [-0.3, -0.25) is 0 Å². The number of anilines is 1. The summed E-state index contributed by atoms with van der Waals surface area (Å²) >= 11 is 0. The van der Waals surface area contributed by atoms with Crippen LogP contribution in [-0.2, 0) is 4.74 Å². The maximum atomic E-state index is 12.2. The predicted octanol–water partition coefficient (Wildman–Crippen LogP) is 2.93. The van der Waals surface area contributed by atoms with E-state index in [1.807, 2.05) is 27.7 Å². The van der Waals surface area contributed by atoms with E-state index >= 15 is 0 Å². The van der Waals surface area contributed by atoms with Gasteiger partial charge in [0.1, 0.15) is 11.4 Å². The van der Waals surface area contributed by atoms with E-state index in [2.05, 4.69) is 15.3 Å². The van der Waals surface area contributed by atoms with Gasteiger partial charge in [-0.05, 0) is 46.6 Å². The van der Waals surface area contributed by atoms with Gasteiger partial charge in [0.25, 0.3) is 0 Å². The highest BCUT2D eigenvalue weighted by Gasteiger charge is 2.28. The minimum absolute atomic E-state index is 0.252. The van der Waals surface area contributed by atoms with E-state index in [1.165, 1.54) is 0 Å². The molecule has 2 rings (SSSR count). The number of rotatable bonds is 5. The molecule has 0 aliphatic carbocycles. The molecule has 0 aromatic carbocycles. The molecule has 1 unspecified atom stereocenters. The maximum absolute atomic E-state index is 12.2. The van der Waals surface area contributed by atoms with Gasteiger partial charge in [0, 0.05) is 31.7 Å². The Hall–Kier alpha value is -2.05. The Morgan fingerprint density at radius 1 is 1.46 bits per heavy atom. The predicted molar refractivity (Wildman–Crippen MR) is 92.2 cm³/mol. The van der Waals surface area contributed by atoms with E-state index in [0.717, 1.165) is 31.7 Å². The van der Waals surface area contributed by atoms with Crippen molar-refractivity contribution in [2.75, 3.05) is 31.6 Å². The van der Waals surface area contributed by atoms with Crippen molar-refractivity contribution in [3.63, 3.8) is 0 Å². The van der Waals surface area contributed by atoms with E-state index in [0.29, 0.717) is 19.2 Å². The fourth-order valence-electron chi connectivity index (χ4n) is 2.58. The molecule has 7 heteroatoms. The summed E-state index contributed by atoms with van der Waals surface area (Å²) in [7, 11) is 0. The van der Waals surface area contributed by atoms with Gasteiger partial charge in [0.15, 0.2) is 0 Å². The minimum atomic E-state index is -0.471. The number of hydrogen-bond acceptors (Lipinski definition) is 6. The lowest BCUT2D eigenvalue weighted by atomic mass is 9.99. The third-order valence-electron chi connectivity index (χ3n) is 3.61. The molecule has 1 saturated heterocycles. The number of hydrogen-bond donors (Lipinski definition) is 1. The molecular formula is C17H28N4O3. The zero-order chi connectivity index (χ0) is 17.6. The van der Waals surface area contributed by atoms with Crippen LogP contribution >= 0.6 is 0 Å². The van der Waals surface area contributed by atoms with Gasteiger partial charge in [-0.15, -0.1) is 0 Å². The van der Waals surface area contributed by atoms with Gasteiger partial charge in [-0.1, -0.05) is 0 Å². The van der Waals surface area contributed by atoms with E-state index in [1.54, 1.807) is 17.2 Å². The summed E-state index contributed by atoms with van der Waals surface area (Å²) in [6.45, 7) is 10.3. The normalized spacial score (nSPS) is 18.2. The summed E-state index contributed by atoms with van der Waals surface area (Å²) in [5, 5.41) is 3.13. The Morgan fingerprint density at radius 3 is 2.96 bits per heavy atom. The van der Waals surface area contributed by atoms with Crippen molar-refractivity contribution in [2.45, 2.75) is 46.1 Å². The highest BCUT2D eigenvalue weighted by Crippen LogP contribution is 2.20. The Morgan fingerprint density at radius 2 is 2.25 bits per heavy atom. The fourth-order valence-corrected chi connectivity index (χ4v) is 2.58. The summed E-state index contributed by atoms with van der Waals surface area (Å²) in [5.41, 5.74) is -0.471. The van der Waals surface area contributed by atoms with Crippen LogP contribution in [0.3, 0.4) is 0 Å². The Balaban J connectivity index is 1.84. The third-order valence-corrected chi connectivity index (χ3v) is 3.61. The summed E-state index contributed by atoms with van der Waals surface area (Å²) in [6.07, 6.45) is 3.39. The molecule has 1 aliphatic heterocycles. The van der Waals surface area contributed by atoms with Crippen LogP contribution in [0, 0.1) is 5.92 Å². The lowest BCUT2D eigenvalue weighted by molar-refractivity contribution is 0.0137. The van der Waals surface area contributed by atoms with Crippen LogP contribution < -0.4 is 10.1 Å². The lowest BCUT2D eigenvalue weighted by Crippen LogP contribution is -2.44. The van der Waals surface area contributed by atoms with E-state index in [-0.39, 0.29) is 12.0 Å².